The number of benzene rings is 2. The highest BCUT2D eigenvalue weighted by Gasteiger charge is 2.41. The molecule has 194 valence electrons. The molecule has 1 atom stereocenters. The molecule has 2 heterocycles. The van der Waals surface area contributed by atoms with Crippen molar-refractivity contribution in [2.45, 2.75) is 51.2 Å². The fourth-order valence-corrected chi connectivity index (χ4v) is 4.98. The van der Waals surface area contributed by atoms with Crippen LogP contribution in [0, 0.1) is 0 Å². The molecule has 1 aliphatic heterocycles. The molecule has 0 bridgehead atoms. The van der Waals surface area contributed by atoms with Crippen LogP contribution in [0.25, 0.3) is 5.69 Å². The SMILES string of the molecule is COc1ccc(OC)c(C2c3cccn3-c3ccccc3N2C(=O)CN(C(=O)NC(C)(C)C)C2CC2)c1. The molecule has 8 nitrogen and oxygen atoms in total. The van der Waals surface area contributed by atoms with Crippen molar-refractivity contribution in [3.63, 3.8) is 0 Å². The van der Waals surface area contributed by atoms with Crippen molar-refractivity contribution in [1.82, 2.24) is 14.8 Å². The molecule has 3 amide bonds. The van der Waals surface area contributed by atoms with Gasteiger partial charge < -0.3 is 24.3 Å². The second kappa shape index (κ2) is 9.50. The Morgan fingerprint density at radius 2 is 1.73 bits per heavy atom. The molecular formula is C29H34N4O4. The maximum Gasteiger partial charge on any atom is 0.318 e. The summed E-state index contributed by atoms with van der Waals surface area (Å²) < 4.78 is 13.4. The van der Waals surface area contributed by atoms with Crippen molar-refractivity contribution >= 4 is 17.6 Å². The minimum absolute atomic E-state index is 0.0234. The van der Waals surface area contributed by atoms with E-state index in [-0.39, 0.29) is 24.5 Å². The highest BCUT2D eigenvalue weighted by atomic mass is 16.5. The lowest BCUT2D eigenvalue weighted by Crippen LogP contribution is -2.53. The molecule has 1 aliphatic carbocycles. The van der Waals surface area contributed by atoms with E-state index in [2.05, 4.69) is 9.88 Å². The van der Waals surface area contributed by atoms with Gasteiger partial charge in [-0.05, 0) is 76.1 Å². The summed E-state index contributed by atoms with van der Waals surface area (Å²) in [4.78, 5) is 31.0. The summed E-state index contributed by atoms with van der Waals surface area (Å²) in [6, 6.07) is 16.8. The lowest BCUT2D eigenvalue weighted by atomic mass is 9.96. The number of carbonyl (C=O) groups excluding carboxylic acids is 2. The zero-order valence-electron chi connectivity index (χ0n) is 22.0. The predicted molar refractivity (Wildman–Crippen MR) is 143 cm³/mol. The van der Waals surface area contributed by atoms with E-state index < -0.39 is 11.6 Å². The Morgan fingerprint density at radius 1 is 1.00 bits per heavy atom. The fourth-order valence-electron chi connectivity index (χ4n) is 4.98. The molecule has 1 saturated carbocycles. The summed E-state index contributed by atoms with van der Waals surface area (Å²) in [7, 11) is 3.24. The molecular weight excluding hydrogens is 468 g/mol. The van der Waals surface area contributed by atoms with Crippen LogP contribution >= 0.6 is 0 Å². The maximum absolute atomic E-state index is 14.3. The van der Waals surface area contributed by atoms with E-state index in [1.165, 1.54) is 0 Å². The van der Waals surface area contributed by atoms with E-state index in [4.69, 9.17) is 9.47 Å². The van der Waals surface area contributed by atoms with Gasteiger partial charge in [0.05, 0.1) is 31.3 Å². The topological polar surface area (TPSA) is 76.0 Å². The van der Waals surface area contributed by atoms with Crippen LogP contribution < -0.4 is 19.7 Å². The zero-order valence-corrected chi connectivity index (χ0v) is 22.0. The molecule has 0 radical (unpaired) electrons. The molecule has 5 rings (SSSR count). The first-order chi connectivity index (χ1) is 17.7. The maximum atomic E-state index is 14.3. The van der Waals surface area contributed by atoms with Crippen molar-refractivity contribution in [3.05, 3.63) is 72.1 Å². The van der Waals surface area contributed by atoms with E-state index in [0.717, 1.165) is 35.5 Å². The van der Waals surface area contributed by atoms with Gasteiger partial charge in [-0.1, -0.05) is 12.1 Å². The third-order valence-electron chi connectivity index (χ3n) is 6.76. The molecule has 1 N–H and O–H groups in total. The summed E-state index contributed by atoms with van der Waals surface area (Å²) >= 11 is 0. The van der Waals surface area contributed by atoms with Crippen LogP contribution in [-0.4, -0.2) is 53.8 Å². The first-order valence-electron chi connectivity index (χ1n) is 12.6. The minimum atomic E-state index is -0.478. The Bertz CT molecular complexity index is 1320. The van der Waals surface area contributed by atoms with E-state index >= 15 is 0 Å². The van der Waals surface area contributed by atoms with Gasteiger partial charge in [-0.3, -0.25) is 9.69 Å². The Morgan fingerprint density at radius 3 is 2.38 bits per heavy atom. The Labute approximate surface area is 217 Å². The van der Waals surface area contributed by atoms with Gasteiger partial charge in [0.25, 0.3) is 0 Å². The second-order valence-corrected chi connectivity index (χ2v) is 10.6. The van der Waals surface area contributed by atoms with Gasteiger partial charge in [0, 0.05) is 23.3 Å². The van der Waals surface area contributed by atoms with Gasteiger partial charge in [0.1, 0.15) is 24.1 Å². The lowest BCUT2D eigenvalue weighted by molar-refractivity contribution is -0.119. The van der Waals surface area contributed by atoms with Crippen molar-refractivity contribution in [3.8, 4) is 17.2 Å². The fraction of sp³-hybridized carbons (Fsp3) is 0.379. The average molecular weight is 503 g/mol. The molecule has 1 unspecified atom stereocenters. The number of rotatable bonds is 6. The highest BCUT2D eigenvalue weighted by Crippen LogP contribution is 2.45. The molecule has 0 saturated heterocycles. The molecule has 2 aromatic carbocycles. The van der Waals surface area contributed by atoms with Crippen LogP contribution in [-0.2, 0) is 4.79 Å². The number of carbonyl (C=O) groups is 2. The number of anilines is 1. The van der Waals surface area contributed by atoms with Gasteiger partial charge in [0.2, 0.25) is 5.91 Å². The normalized spacial score (nSPS) is 16.5. The molecule has 1 fully saturated rings. The molecule has 2 aliphatic rings. The van der Waals surface area contributed by atoms with E-state index in [1.807, 2.05) is 86.5 Å². The van der Waals surface area contributed by atoms with E-state index in [1.54, 1.807) is 19.1 Å². The monoisotopic (exact) mass is 502 g/mol. The first kappa shape index (κ1) is 24.7. The zero-order chi connectivity index (χ0) is 26.3. The number of nitrogens with one attached hydrogen (secondary N) is 1. The average Bonchev–Trinajstić information content (AvgIpc) is 3.59. The van der Waals surface area contributed by atoms with Crippen LogP contribution in [0.15, 0.2) is 60.8 Å². The van der Waals surface area contributed by atoms with Crippen molar-refractivity contribution in [2.24, 2.45) is 0 Å². The largest absolute Gasteiger partial charge is 0.497 e. The highest BCUT2D eigenvalue weighted by molar-refractivity contribution is 6.00. The number of hydrogen-bond acceptors (Lipinski definition) is 4. The Hall–Kier alpha value is -3.94. The number of ether oxygens (including phenoxy) is 2. The summed E-state index contributed by atoms with van der Waals surface area (Å²) in [6.45, 7) is 5.80. The van der Waals surface area contributed by atoms with Crippen LogP contribution in [0.1, 0.15) is 50.9 Å². The van der Waals surface area contributed by atoms with Crippen molar-refractivity contribution < 1.29 is 19.1 Å². The standard InChI is InChI=1S/C29H34N4O4/c1-29(2,3)30-28(35)32(19-12-13-19)18-26(34)33-23-10-7-6-9-22(23)31-16-8-11-24(31)27(33)21-17-20(36-4)14-15-25(21)37-5/h6-11,14-17,19,27H,12-13,18H2,1-5H3,(H,30,35). The summed E-state index contributed by atoms with van der Waals surface area (Å²) in [5, 5.41) is 3.03. The molecule has 3 aromatic rings. The third kappa shape index (κ3) is 4.75. The number of urea groups is 1. The molecule has 0 spiro atoms. The first-order valence-corrected chi connectivity index (χ1v) is 12.6. The minimum Gasteiger partial charge on any atom is -0.497 e. The second-order valence-electron chi connectivity index (χ2n) is 10.6. The lowest BCUT2D eigenvalue weighted by Gasteiger charge is -2.40. The number of amides is 3. The van der Waals surface area contributed by atoms with Gasteiger partial charge >= 0.3 is 6.03 Å². The van der Waals surface area contributed by atoms with Gasteiger partial charge in [-0.15, -0.1) is 0 Å². The van der Waals surface area contributed by atoms with Crippen LogP contribution in [0.2, 0.25) is 0 Å². The summed E-state index contributed by atoms with van der Waals surface area (Å²) in [6.07, 6.45) is 3.80. The van der Waals surface area contributed by atoms with Gasteiger partial charge in [0.15, 0.2) is 0 Å². The van der Waals surface area contributed by atoms with Crippen molar-refractivity contribution in [1.29, 1.82) is 0 Å². The van der Waals surface area contributed by atoms with Gasteiger partial charge in [-0.2, -0.15) is 0 Å². The van der Waals surface area contributed by atoms with E-state index in [9.17, 15) is 9.59 Å². The molecule has 37 heavy (non-hydrogen) atoms. The Kier molecular flexibility index (Phi) is 6.35. The Balaban J connectivity index is 1.61. The third-order valence-corrected chi connectivity index (χ3v) is 6.76. The number of fused-ring (bicyclic) bond motifs is 3. The smallest absolute Gasteiger partial charge is 0.318 e. The number of hydrogen-bond donors (Lipinski definition) is 1. The number of methoxy groups -OCH3 is 2. The number of nitrogens with zero attached hydrogens (tertiary/aromatic N) is 3. The van der Waals surface area contributed by atoms with Crippen molar-refractivity contribution in [2.75, 3.05) is 25.7 Å². The summed E-state index contributed by atoms with van der Waals surface area (Å²) in [5.74, 6) is 1.16. The van der Waals surface area contributed by atoms with E-state index in [0.29, 0.717) is 11.5 Å². The number of para-hydroxylation sites is 2. The van der Waals surface area contributed by atoms with Crippen LogP contribution in [0.3, 0.4) is 0 Å². The van der Waals surface area contributed by atoms with Crippen LogP contribution in [0.4, 0.5) is 10.5 Å². The summed E-state index contributed by atoms with van der Waals surface area (Å²) in [5.41, 5.74) is 3.02. The molecule has 1 aromatic heterocycles. The quantitative estimate of drug-likeness (QED) is 0.520. The molecule has 8 heteroatoms. The van der Waals surface area contributed by atoms with Crippen LogP contribution in [0.5, 0.6) is 11.5 Å². The van der Waals surface area contributed by atoms with Gasteiger partial charge in [-0.25, -0.2) is 4.79 Å². The number of aromatic nitrogens is 1. The predicted octanol–water partition coefficient (Wildman–Crippen LogP) is 4.90.